The van der Waals surface area contributed by atoms with E-state index in [0.29, 0.717) is 12.0 Å². The SMILES string of the molecule is Cc1ccccc1CC(CNC(C)C)Cc1cccs1. The predicted octanol–water partition coefficient (Wildman–Crippen LogP) is 4.46. The van der Waals surface area contributed by atoms with Crippen LogP contribution in [0.4, 0.5) is 0 Å². The van der Waals surface area contributed by atoms with E-state index in [9.17, 15) is 0 Å². The molecule has 2 aromatic rings. The fraction of sp³-hybridized carbons (Fsp3) is 0.444. The molecule has 1 aromatic carbocycles. The largest absolute Gasteiger partial charge is 0.314 e. The zero-order valence-electron chi connectivity index (χ0n) is 12.7. The second-order valence-electron chi connectivity index (χ2n) is 5.84. The molecule has 0 aliphatic heterocycles. The Hall–Kier alpha value is -1.12. The van der Waals surface area contributed by atoms with Crippen molar-refractivity contribution >= 4 is 11.3 Å². The zero-order valence-corrected chi connectivity index (χ0v) is 13.5. The van der Waals surface area contributed by atoms with Crippen LogP contribution in [-0.4, -0.2) is 12.6 Å². The van der Waals surface area contributed by atoms with Crippen LogP contribution in [0.3, 0.4) is 0 Å². The number of nitrogens with one attached hydrogen (secondary N) is 1. The standard InChI is InChI=1S/C18H25NS/c1-14(2)19-13-16(12-18-9-6-10-20-18)11-17-8-5-4-7-15(17)3/h4-10,14,16,19H,11-13H2,1-3H3. The van der Waals surface area contributed by atoms with E-state index in [1.54, 1.807) is 0 Å². The number of rotatable bonds is 7. The van der Waals surface area contributed by atoms with Crippen molar-refractivity contribution in [2.45, 2.75) is 39.7 Å². The Morgan fingerprint density at radius 1 is 1.05 bits per heavy atom. The summed E-state index contributed by atoms with van der Waals surface area (Å²) >= 11 is 1.87. The minimum absolute atomic E-state index is 0.553. The van der Waals surface area contributed by atoms with Gasteiger partial charge in [-0.2, -0.15) is 0 Å². The monoisotopic (exact) mass is 287 g/mol. The number of aryl methyl sites for hydroxylation is 1. The lowest BCUT2D eigenvalue weighted by molar-refractivity contribution is 0.446. The van der Waals surface area contributed by atoms with Gasteiger partial charge in [-0.15, -0.1) is 11.3 Å². The van der Waals surface area contributed by atoms with Crippen LogP contribution in [-0.2, 0) is 12.8 Å². The molecule has 2 rings (SSSR count). The number of hydrogen-bond donors (Lipinski definition) is 1. The summed E-state index contributed by atoms with van der Waals surface area (Å²) in [5.74, 6) is 0.664. The van der Waals surface area contributed by atoms with Crippen molar-refractivity contribution in [3.63, 3.8) is 0 Å². The van der Waals surface area contributed by atoms with Crippen LogP contribution in [0.2, 0.25) is 0 Å². The molecule has 0 saturated carbocycles. The maximum Gasteiger partial charge on any atom is 0.00485 e. The van der Waals surface area contributed by atoms with Gasteiger partial charge in [-0.3, -0.25) is 0 Å². The molecule has 0 fully saturated rings. The second-order valence-corrected chi connectivity index (χ2v) is 6.88. The molecular weight excluding hydrogens is 262 g/mol. The van der Waals surface area contributed by atoms with Crippen molar-refractivity contribution in [1.82, 2.24) is 5.32 Å². The number of benzene rings is 1. The summed E-state index contributed by atoms with van der Waals surface area (Å²) in [7, 11) is 0. The Morgan fingerprint density at radius 2 is 1.85 bits per heavy atom. The van der Waals surface area contributed by atoms with Gasteiger partial charge in [-0.25, -0.2) is 0 Å². The number of thiophene rings is 1. The van der Waals surface area contributed by atoms with E-state index in [-0.39, 0.29) is 0 Å². The predicted molar refractivity (Wildman–Crippen MR) is 89.5 cm³/mol. The molecule has 0 amide bonds. The highest BCUT2D eigenvalue weighted by Gasteiger charge is 2.13. The average Bonchev–Trinajstić information content (AvgIpc) is 2.91. The minimum Gasteiger partial charge on any atom is -0.314 e. The van der Waals surface area contributed by atoms with Crippen molar-refractivity contribution in [1.29, 1.82) is 0 Å². The van der Waals surface area contributed by atoms with E-state index in [2.05, 4.69) is 67.9 Å². The van der Waals surface area contributed by atoms with E-state index < -0.39 is 0 Å². The van der Waals surface area contributed by atoms with E-state index in [0.717, 1.165) is 13.0 Å². The molecule has 0 spiro atoms. The summed E-state index contributed by atoms with van der Waals surface area (Å²) in [6.07, 6.45) is 2.33. The second kappa shape index (κ2) is 7.61. The summed E-state index contributed by atoms with van der Waals surface area (Å²) in [5.41, 5.74) is 2.90. The highest BCUT2D eigenvalue weighted by molar-refractivity contribution is 7.09. The third-order valence-electron chi connectivity index (χ3n) is 3.65. The highest BCUT2D eigenvalue weighted by Crippen LogP contribution is 2.19. The molecule has 20 heavy (non-hydrogen) atoms. The molecular formula is C18H25NS. The van der Waals surface area contributed by atoms with E-state index in [1.165, 1.54) is 22.4 Å². The molecule has 1 atom stereocenters. The Labute approximate surface area is 127 Å². The zero-order chi connectivity index (χ0) is 14.4. The first kappa shape index (κ1) is 15.3. The van der Waals surface area contributed by atoms with Crippen LogP contribution in [0.25, 0.3) is 0 Å². The van der Waals surface area contributed by atoms with Gasteiger partial charge in [-0.1, -0.05) is 44.2 Å². The van der Waals surface area contributed by atoms with Crippen molar-refractivity contribution in [2.75, 3.05) is 6.54 Å². The highest BCUT2D eigenvalue weighted by atomic mass is 32.1. The maximum absolute atomic E-state index is 3.60. The van der Waals surface area contributed by atoms with Crippen LogP contribution in [0.15, 0.2) is 41.8 Å². The van der Waals surface area contributed by atoms with E-state index in [1.807, 2.05) is 11.3 Å². The van der Waals surface area contributed by atoms with Gasteiger partial charge in [0.1, 0.15) is 0 Å². The summed E-state index contributed by atoms with van der Waals surface area (Å²) in [6, 6.07) is 13.7. The molecule has 0 aliphatic rings. The normalized spacial score (nSPS) is 12.8. The van der Waals surface area contributed by atoms with Crippen LogP contribution in [0, 0.1) is 12.8 Å². The summed E-state index contributed by atoms with van der Waals surface area (Å²) in [4.78, 5) is 1.49. The molecule has 0 bridgehead atoms. The number of hydrogen-bond acceptors (Lipinski definition) is 2. The molecule has 0 aliphatic carbocycles. The fourth-order valence-corrected chi connectivity index (χ4v) is 3.30. The van der Waals surface area contributed by atoms with Gasteiger partial charge in [0.15, 0.2) is 0 Å². The molecule has 108 valence electrons. The summed E-state index contributed by atoms with van der Waals surface area (Å²) in [6.45, 7) is 7.74. The molecule has 1 N–H and O–H groups in total. The first-order valence-electron chi connectivity index (χ1n) is 7.45. The molecule has 1 aromatic heterocycles. The van der Waals surface area contributed by atoms with Crippen LogP contribution in [0.1, 0.15) is 29.9 Å². The third-order valence-corrected chi connectivity index (χ3v) is 4.55. The van der Waals surface area contributed by atoms with Gasteiger partial charge >= 0.3 is 0 Å². The van der Waals surface area contributed by atoms with Gasteiger partial charge in [0.25, 0.3) is 0 Å². The Kier molecular flexibility index (Phi) is 5.81. The molecule has 2 heteroatoms. The van der Waals surface area contributed by atoms with Crippen molar-refractivity contribution in [3.8, 4) is 0 Å². The minimum atomic E-state index is 0.553. The van der Waals surface area contributed by atoms with Crippen molar-refractivity contribution < 1.29 is 0 Å². The maximum atomic E-state index is 3.60. The first-order valence-corrected chi connectivity index (χ1v) is 8.33. The summed E-state index contributed by atoms with van der Waals surface area (Å²) < 4.78 is 0. The molecule has 1 nitrogen and oxygen atoms in total. The average molecular weight is 287 g/mol. The van der Waals surface area contributed by atoms with Crippen LogP contribution >= 0.6 is 11.3 Å². The van der Waals surface area contributed by atoms with E-state index >= 15 is 0 Å². The fourth-order valence-electron chi connectivity index (χ4n) is 2.48. The lowest BCUT2D eigenvalue weighted by atomic mass is 9.93. The Balaban J connectivity index is 2.03. The Bertz CT molecular complexity index is 502. The quantitative estimate of drug-likeness (QED) is 0.793. The van der Waals surface area contributed by atoms with Crippen LogP contribution in [0.5, 0.6) is 0 Å². The topological polar surface area (TPSA) is 12.0 Å². The molecule has 0 saturated heterocycles. The van der Waals surface area contributed by atoms with E-state index in [4.69, 9.17) is 0 Å². The Morgan fingerprint density at radius 3 is 2.50 bits per heavy atom. The van der Waals surface area contributed by atoms with Crippen molar-refractivity contribution in [3.05, 3.63) is 57.8 Å². The van der Waals surface area contributed by atoms with Gasteiger partial charge in [-0.05, 0) is 54.8 Å². The molecule has 1 heterocycles. The van der Waals surface area contributed by atoms with Gasteiger partial charge in [0, 0.05) is 10.9 Å². The lowest BCUT2D eigenvalue weighted by Gasteiger charge is -2.20. The summed E-state index contributed by atoms with van der Waals surface area (Å²) in [5, 5.41) is 5.78. The third kappa shape index (κ3) is 4.77. The first-order chi connectivity index (χ1) is 9.65. The molecule has 1 unspecified atom stereocenters. The van der Waals surface area contributed by atoms with Crippen molar-refractivity contribution in [2.24, 2.45) is 5.92 Å². The lowest BCUT2D eigenvalue weighted by Crippen LogP contribution is -2.31. The van der Waals surface area contributed by atoms with Gasteiger partial charge in [0.05, 0.1) is 0 Å². The van der Waals surface area contributed by atoms with Gasteiger partial charge in [0.2, 0.25) is 0 Å². The smallest absolute Gasteiger partial charge is 0.00485 e. The molecule has 0 radical (unpaired) electrons. The van der Waals surface area contributed by atoms with Crippen LogP contribution < -0.4 is 5.32 Å². The van der Waals surface area contributed by atoms with Gasteiger partial charge < -0.3 is 5.32 Å².